The second-order valence-electron chi connectivity index (χ2n) is 2.24. The Kier molecular flexibility index (Phi) is 3.67. The Balaban J connectivity index is 2.39. The van der Waals surface area contributed by atoms with Crippen molar-refractivity contribution in [3.8, 4) is 0 Å². The van der Waals surface area contributed by atoms with E-state index >= 15 is 0 Å². The average molecular weight is 186 g/mol. The van der Waals surface area contributed by atoms with Crippen molar-refractivity contribution in [2.75, 3.05) is 0 Å². The number of benzene rings is 1. The molecule has 0 unspecified atom stereocenters. The van der Waals surface area contributed by atoms with E-state index in [1.807, 2.05) is 25.1 Å². The molecule has 0 aliphatic carbocycles. The summed E-state index contributed by atoms with van der Waals surface area (Å²) >= 11 is 7.37. The maximum absolute atomic E-state index is 5.71. The van der Waals surface area contributed by atoms with E-state index in [4.69, 9.17) is 11.6 Å². The van der Waals surface area contributed by atoms with Gasteiger partial charge in [-0.05, 0) is 5.56 Å². The predicted molar refractivity (Wildman–Crippen MR) is 52.5 cm³/mol. The molecule has 0 heterocycles. The zero-order valence-corrected chi connectivity index (χ0v) is 7.95. The van der Waals surface area contributed by atoms with Crippen molar-refractivity contribution in [1.82, 2.24) is 0 Å². The molecule has 0 N–H and O–H groups in total. The van der Waals surface area contributed by atoms with Crippen molar-refractivity contribution >= 4 is 23.4 Å². The second-order valence-corrected chi connectivity index (χ2v) is 4.23. The molecule has 0 aromatic heterocycles. The Labute approximate surface area is 77.0 Å². The molecule has 0 saturated heterocycles. The van der Waals surface area contributed by atoms with Gasteiger partial charge in [-0.2, -0.15) is 0 Å². The fourth-order valence-electron chi connectivity index (χ4n) is 0.757. The standard InChI is InChI=1S/C9H10ClS/c1-8(10)11-7-9-5-3-2-4-6-9/h2-6H,7H2,1H3/q+1. The normalized spacial score (nSPS) is 9.64. The summed E-state index contributed by atoms with van der Waals surface area (Å²) in [5.41, 5.74) is 1.32. The second kappa shape index (κ2) is 4.58. The Morgan fingerprint density at radius 1 is 1.36 bits per heavy atom. The van der Waals surface area contributed by atoms with Gasteiger partial charge < -0.3 is 0 Å². The molecule has 1 aromatic carbocycles. The molecule has 0 aliphatic rings. The molecule has 0 spiro atoms. The summed E-state index contributed by atoms with van der Waals surface area (Å²) in [6.45, 7) is 1.91. The summed E-state index contributed by atoms with van der Waals surface area (Å²) in [6.07, 6.45) is 0. The van der Waals surface area contributed by atoms with Gasteiger partial charge in [-0.15, -0.1) is 0 Å². The molecule has 0 saturated carbocycles. The molecule has 0 atom stereocenters. The Bertz CT molecular complexity index is 196. The van der Waals surface area contributed by atoms with Crippen LogP contribution in [0.5, 0.6) is 0 Å². The van der Waals surface area contributed by atoms with Gasteiger partial charge in [0.15, 0.2) is 11.6 Å². The molecule has 2 heteroatoms. The molecule has 0 nitrogen and oxygen atoms in total. The van der Waals surface area contributed by atoms with Crippen LogP contribution in [-0.2, 0) is 5.75 Å². The number of halogens is 1. The van der Waals surface area contributed by atoms with Crippen LogP contribution in [0.25, 0.3) is 0 Å². The smallest absolute Gasteiger partial charge is 0.0622 e. The topological polar surface area (TPSA) is 0 Å². The van der Waals surface area contributed by atoms with Crippen LogP contribution in [0.3, 0.4) is 0 Å². The lowest BCUT2D eigenvalue weighted by atomic mass is 10.2. The number of rotatable bonds is 3. The summed E-state index contributed by atoms with van der Waals surface area (Å²) in [5.74, 6) is 0.968. The number of hydrogen-bond acceptors (Lipinski definition) is 1. The monoisotopic (exact) mass is 185 g/mol. The van der Waals surface area contributed by atoms with Crippen molar-refractivity contribution in [3.63, 3.8) is 0 Å². The maximum Gasteiger partial charge on any atom is 0.263 e. The molecular formula is C9H10ClS+. The zero-order chi connectivity index (χ0) is 8.10. The highest BCUT2D eigenvalue weighted by atomic mass is 35.5. The van der Waals surface area contributed by atoms with E-state index in [9.17, 15) is 0 Å². The van der Waals surface area contributed by atoms with Crippen LogP contribution in [0.2, 0.25) is 0 Å². The van der Waals surface area contributed by atoms with E-state index in [-0.39, 0.29) is 0 Å². The predicted octanol–water partition coefficient (Wildman–Crippen LogP) is 3.67. The number of thioether (sulfide) groups is 1. The van der Waals surface area contributed by atoms with Crippen LogP contribution in [-0.4, -0.2) is 0 Å². The number of hydrogen-bond donors (Lipinski definition) is 0. The lowest BCUT2D eigenvalue weighted by molar-refractivity contribution is 1.41. The van der Waals surface area contributed by atoms with Crippen molar-refractivity contribution in [2.45, 2.75) is 12.7 Å². The molecule has 58 valence electrons. The van der Waals surface area contributed by atoms with Crippen LogP contribution >= 0.6 is 23.4 Å². The highest BCUT2D eigenvalue weighted by Crippen LogP contribution is 2.26. The fourth-order valence-corrected chi connectivity index (χ4v) is 1.48. The van der Waals surface area contributed by atoms with Gasteiger partial charge in [0.25, 0.3) is 4.71 Å². The van der Waals surface area contributed by atoms with Crippen molar-refractivity contribution in [3.05, 3.63) is 40.6 Å². The molecule has 1 rings (SSSR count). The Hall–Kier alpha value is -0.270. The van der Waals surface area contributed by atoms with Gasteiger partial charge in [0.05, 0.1) is 17.5 Å². The summed E-state index contributed by atoms with van der Waals surface area (Å²) < 4.78 is 0.897. The van der Waals surface area contributed by atoms with Gasteiger partial charge >= 0.3 is 0 Å². The van der Waals surface area contributed by atoms with E-state index < -0.39 is 0 Å². The van der Waals surface area contributed by atoms with Gasteiger partial charge in [0.2, 0.25) is 0 Å². The third kappa shape index (κ3) is 3.59. The highest BCUT2D eigenvalue weighted by Gasteiger charge is 2.10. The highest BCUT2D eigenvalue weighted by molar-refractivity contribution is 8.02. The van der Waals surface area contributed by atoms with Crippen LogP contribution in [0.15, 0.2) is 30.3 Å². The molecule has 1 aromatic rings. The average Bonchev–Trinajstić information content (AvgIpc) is 2.03. The first-order valence-corrected chi connectivity index (χ1v) is 4.81. The van der Waals surface area contributed by atoms with Gasteiger partial charge in [-0.1, -0.05) is 30.3 Å². The summed E-state index contributed by atoms with van der Waals surface area (Å²) in [6, 6.07) is 10.3. The summed E-state index contributed by atoms with van der Waals surface area (Å²) in [7, 11) is 0. The lowest BCUT2D eigenvalue weighted by Crippen LogP contribution is -1.79. The van der Waals surface area contributed by atoms with E-state index in [0.29, 0.717) is 0 Å². The lowest BCUT2D eigenvalue weighted by Gasteiger charge is -1.93. The van der Waals surface area contributed by atoms with Gasteiger partial charge in [-0.3, -0.25) is 0 Å². The third-order valence-electron chi connectivity index (χ3n) is 1.28. The molecule has 0 radical (unpaired) electrons. The van der Waals surface area contributed by atoms with Crippen LogP contribution in [0.4, 0.5) is 0 Å². The first kappa shape index (κ1) is 8.82. The molecule has 0 aliphatic heterocycles. The minimum absolute atomic E-state index is 0.897. The molecular weight excluding hydrogens is 176 g/mol. The Morgan fingerprint density at radius 2 is 2.00 bits per heavy atom. The van der Waals surface area contributed by atoms with Gasteiger partial charge in [0.1, 0.15) is 6.92 Å². The van der Waals surface area contributed by atoms with Crippen molar-refractivity contribution < 1.29 is 0 Å². The largest absolute Gasteiger partial charge is 0.263 e. The van der Waals surface area contributed by atoms with Crippen molar-refractivity contribution in [1.29, 1.82) is 0 Å². The van der Waals surface area contributed by atoms with E-state index in [0.717, 1.165) is 10.5 Å². The van der Waals surface area contributed by atoms with Crippen LogP contribution < -0.4 is 0 Å². The van der Waals surface area contributed by atoms with Crippen molar-refractivity contribution in [2.24, 2.45) is 0 Å². The Morgan fingerprint density at radius 3 is 2.55 bits per heavy atom. The van der Waals surface area contributed by atoms with Gasteiger partial charge in [0, 0.05) is 0 Å². The molecule has 0 amide bonds. The van der Waals surface area contributed by atoms with E-state index in [1.165, 1.54) is 5.56 Å². The van der Waals surface area contributed by atoms with Gasteiger partial charge in [-0.25, -0.2) is 0 Å². The first-order valence-electron chi connectivity index (χ1n) is 3.45. The first-order chi connectivity index (χ1) is 5.29. The maximum atomic E-state index is 5.71. The summed E-state index contributed by atoms with van der Waals surface area (Å²) in [5, 5.41) is 0. The zero-order valence-electron chi connectivity index (χ0n) is 6.38. The minimum Gasteiger partial charge on any atom is -0.0622 e. The summed E-state index contributed by atoms with van der Waals surface area (Å²) in [4.78, 5) is 0. The third-order valence-corrected chi connectivity index (χ3v) is 2.48. The minimum atomic E-state index is 0.897. The fraction of sp³-hybridized carbons (Fsp3) is 0.222. The quantitative estimate of drug-likeness (QED) is 0.648. The SMILES string of the molecule is C[C+](Cl)SCc1ccccc1. The van der Waals surface area contributed by atoms with E-state index in [1.54, 1.807) is 11.8 Å². The van der Waals surface area contributed by atoms with Crippen LogP contribution in [0, 0.1) is 4.71 Å². The van der Waals surface area contributed by atoms with Crippen LogP contribution in [0.1, 0.15) is 12.5 Å². The molecule has 0 fully saturated rings. The molecule has 11 heavy (non-hydrogen) atoms. The van der Waals surface area contributed by atoms with E-state index in [2.05, 4.69) is 12.1 Å². The molecule has 0 bridgehead atoms.